The zero-order valence-electron chi connectivity index (χ0n) is 21.6. The Hall–Kier alpha value is -4.41. The van der Waals surface area contributed by atoms with E-state index in [2.05, 4.69) is 22.0 Å². The average molecular weight is 527 g/mol. The quantitative estimate of drug-likeness (QED) is 0.304. The Morgan fingerprint density at radius 3 is 2.79 bits per heavy atom. The monoisotopic (exact) mass is 526 g/mol. The van der Waals surface area contributed by atoms with Crippen molar-refractivity contribution in [3.8, 4) is 5.69 Å². The normalized spacial score (nSPS) is 17.7. The van der Waals surface area contributed by atoms with Crippen molar-refractivity contribution in [1.82, 2.24) is 24.8 Å². The molecule has 10 nitrogen and oxygen atoms in total. The maximum absolute atomic E-state index is 13.6. The molecular formula is C29H30N6O4. The predicted octanol–water partition coefficient (Wildman–Crippen LogP) is 2.51. The third kappa shape index (κ3) is 4.68. The molecule has 0 spiro atoms. The summed E-state index contributed by atoms with van der Waals surface area (Å²) >= 11 is 0. The van der Waals surface area contributed by atoms with Crippen LogP contribution in [0.1, 0.15) is 24.6 Å². The summed E-state index contributed by atoms with van der Waals surface area (Å²) < 4.78 is 2.98. The number of rotatable bonds is 10. The summed E-state index contributed by atoms with van der Waals surface area (Å²) in [6, 6.07) is 12.3. The summed E-state index contributed by atoms with van der Waals surface area (Å²) in [4.78, 5) is 28.3. The van der Waals surface area contributed by atoms with Crippen LogP contribution >= 0.6 is 0 Å². The van der Waals surface area contributed by atoms with Crippen molar-refractivity contribution in [3.63, 3.8) is 0 Å². The fourth-order valence-corrected chi connectivity index (χ4v) is 4.98. The van der Waals surface area contributed by atoms with Crippen molar-refractivity contribution in [2.24, 2.45) is 5.92 Å². The molecule has 3 heterocycles. The minimum Gasteiger partial charge on any atom is -0.396 e. The number of nitrogens with zero attached hydrogens (tertiary/aromatic N) is 6. The number of fused-ring (bicyclic) bond motifs is 2. The molecule has 39 heavy (non-hydrogen) atoms. The molecule has 2 N–H and O–H groups in total. The van der Waals surface area contributed by atoms with Gasteiger partial charge in [-0.1, -0.05) is 48.6 Å². The van der Waals surface area contributed by atoms with Gasteiger partial charge in [-0.2, -0.15) is 9.78 Å². The largest absolute Gasteiger partial charge is 0.396 e. The summed E-state index contributed by atoms with van der Waals surface area (Å²) in [7, 11) is 0. The molecule has 0 unspecified atom stereocenters. The first kappa shape index (κ1) is 26.2. The van der Waals surface area contributed by atoms with Crippen molar-refractivity contribution in [3.05, 3.63) is 101 Å². The van der Waals surface area contributed by atoms with Crippen LogP contribution in [0.4, 0.5) is 5.69 Å². The van der Waals surface area contributed by atoms with Gasteiger partial charge in [0.2, 0.25) is 0 Å². The predicted molar refractivity (Wildman–Crippen MR) is 148 cm³/mol. The smallest absolute Gasteiger partial charge is 0.279 e. The van der Waals surface area contributed by atoms with Crippen LogP contribution in [-0.2, 0) is 23.4 Å². The van der Waals surface area contributed by atoms with E-state index in [1.54, 1.807) is 60.4 Å². The first-order valence-corrected chi connectivity index (χ1v) is 12.8. The second-order valence-corrected chi connectivity index (χ2v) is 9.57. The number of hydrogen-bond donors (Lipinski definition) is 2. The van der Waals surface area contributed by atoms with Gasteiger partial charge in [0.05, 0.1) is 28.7 Å². The molecule has 0 radical (unpaired) electrons. The molecule has 0 saturated heterocycles. The Bertz CT molecular complexity index is 1620. The first-order valence-electron chi connectivity index (χ1n) is 12.8. The highest BCUT2D eigenvalue weighted by Gasteiger charge is 2.52. The maximum Gasteiger partial charge on any atom is 0.279 e. The number of aliphatic hydroxyl groups is 2. The number of aliphatic hydroxyl groups excluding tert-OH is 1. The van der Waals surface area contributed by atoms with E-state index in [4.69, 9.17) is 5.11 Å². The summed E-state index contributed by atoms with van der Waals surface area (Å²) in [5, 5.41) is 34.6. The fourth-order valence-electron chi connectivity index (χ4n) is 4.98. The van der Waals surface area contributed by atoms with E-state index in [0.29, 0.717) is 41.7 Å². The lowest BCUT2D eigenvalue weighted by Gasteiger charge is -2.27. The van der Waals surface area contributed by atoms with Crippen LogP contribution in [0.3, 0.4) is 0 Å². The van der Waals surface area contributed by atoms with E-state index in [1.165, 1.54) is 9.58 Å². The number of hydrogen-bond acceptors (Lipinski definition) is 7. The Morgan fingerprint density at radius 2 is 2.00 bits per heavy atom. The van der Waals surface area contributed by atoms with Crippen LogP contribution in [0.5, 0.6) is 0 Å². The first-order chi connectivity index (χ1) is 18.9. The minimum absolute atomic E-state index is 0.0142. The van der Waals surface area contributed by atoms with Gasteiger partial charge in [-0.25, -0.2) is 0 Å². The van der Waals surface area contributed by atoms with Gasteiger partial charge in [0.15, 0.2) is 5.60 Å². The molecule has 1 aliphatic rings. The molecule has 5 rings (SSSR count). The van der Waals surface area contributed by atoms with Gasteiger partial charge in [0.1, 0.15) is 0 Å². The van der Waals surface area contributed by atoms with Crippen molar-refractivity contribution in [1.29, 1.82) is 0 Å². The van der Waals surface area contributed by atoms with Crippen LogP contribution in [0, 0.1) is 5.92 Å². The Morgan fingerprint density at radius 1 is 1.18 bits per heavy atom. The SMILES string of the molecule is C=CCN1C(=O)[C@](O)([C@H](C)/C=C/CCn2cc(CCO)nn2)c2cc(-n3ncc4ccccc4c3=O)ccc21. The standard InChI is InChI=1S/C29H30N6O4/c1-3-14-34-26-12-11-23(35-27(37)24-10-5-4-9-21(24)18-30-35)17-25(26)29(39,28(34)38)20(2)8-6-7-15-33-19-22(13-16-36)31-32-33/h3-6,8-12,17-20,36,39H,1,7,13-16H2,2H3/b8-6+/t20-,29+/m1/s1. The van der Waals surface area contributed by atoms with Crippen LogP contribution in [-0.4, -0.2) is 54.0 Å². The summed E-state index contributed by atoms with van der Waals surface area (Å²) in [5.74, 6) is -1.02. The Balaban J connectivity index is 1.46. The van der Waals surface area contributed by atoms with Crippen molar-refractivity contribution < 1.29 is 15.0 Å². The number of carbonyl (C=O) groups is 1. The second kappa shape index (κ2) is 10.8. The average Bonchev–Trinajstić information content (AvgIpc) is 3.48. The van der Waals surface area contributed by atoms with Gasteiger partial charge in [0.25, 0.3) is 11.5 Å². The molecule has 200 valence electrons. The van der Waals surface area contributed by atoms with Crippen molar-refractivity contribution in [2.45, 2.75) is 31.9 Å². The summed E-state index contributed by atoms with van der Waals surface area (Å²) in [6.45, 7) is 6.36. The highest BCUT2D eigenvalue weighted by molar-refractivity contribution is 6.07. The Kier molecular flexibility index (Phi) is 7.23. The highest BCUT2D eigenvalue weighted by atomic mass is 16.3. The molecule has 0 bridgehead atoms. The van der Waals surface area contributed by atoms with Crippen LogP contribution in [0.2, 0.25) is 0 Å². The topological polar surface area (TPSA) is 126 Å². The summed E-state index contributed by atoms with van der Waals surface area (Å²) in [5.41, 5.74) is 0.0297. The molecule has 1 amide bonds. The molecule has 2 aromatic heterocycles. The lowest BCUT2D eigenvalue weighted by atomic mass is 9.82. The maximum atomic E-state index is 13.6. The van der Waals surface area contributed by atoms with Gasteiger partial charge in [-0.3, -0.25) is 14.3 Å². The molecule has 4 aromatic rings. The number of aryl methyl sites for hydroxylation is 1. The molecule has 1 aliphatic heterocycles. The highest BCUT2D eigenvalue weighted by Crippen LogP contribution is 2.45. The second-order valence-electron chi connectivity index (χ2n) is 9.57. The molecular weight excluding hydrogens is 496 g/mol. The number of benzene rings is 2. The van der Waals surface area contributed by atoms with E-state index in [9.17, 15) is 14.7 Å². The molecule has 0 fully saturated rings. The third-order valence-corrected chi connectivity index (χ3v) is 7.07. The summed E-state index contributed by atoms with van der Waals surface area (Å²) in [6.07, 6.45) is 9.80. The number of anilines is 1. The zero-order chi connectivity index (χ0) is 27.6. The van der Waals surface area contributed by atoms with Crippen molar-refractivity contribution >= 4 is 22.4 Å². The van der Waals surface area contributed by atoms with Crippen LogP contribution < -0.4 is 10.5 Å². The molecule has 2 aromatic carbocycles. The lowest BCUT2D eigenvalue weighted by molar-refractivity contribution is -0.139. The zero-order valence-corrected chi connectivity index (χ0v) is 21.6. The van der Waals surface area contributed by atoms with Gasteiger partial charge in [-0.05, 0) is 30.7 Å². The fraction of sp³-hybridized carbons (Fsp3) is 0.276. The van der Waals surface area contributed by atoms with E-state index in [0.717, 1.165) is 11.1 Å². The van der Waals surface area contributed by atoms with E-state index >= 15 is 0 Å². The molecule has 10 heteroatoms. The van der Waals surface area contributed by atoms with Gasteiger partial charge < -0.3 is 15.1 Å². The molecule has 0 saturated carbocycles. The van der Waals surface area contributed by atoms with E-state index < -0.39 is 17.4 Å². The number of carbonyl (C=O) groups excluding carboxylic acids is 1. The van der Waals surface area contributed by atoms with Gasteiger partial charge in [0, 0.05) is 49.2 Å². The third-order valence-electron chi connectivity index (χ3n) is 7.07. The van der Waals surface area contributed by atoms with E-state index in [1.807, 2.05) is 24.3 Å². The van der Waals surface area contributed by atoms with Crippen LogP contribution in [0.25, 0.3) is 16.5 Å². The molecule has 0 aliphatic carbocycles. The van der Waals surface area contributed by atoms with E-state index in [-0.39, 0.29) is 18.7 Å². The van der Waals surface area contributed by atoms with Gasteiger partial charge >= 0.3 is 0 Å². The Labute approximate surface area is 225 Å². The number of allylic oxidation sites excluding steroid dienone is 1. The number of aromatic nitrogens is 5. The number of amides is 1. The molecule has 2 atom stereocenters. The van der Waals surface area contributed by atoms with Gasteiger partial charge in [-0.15, -0.1) is 11.7 Å². The minimum atomic E-state index is -1.84. The lowest BCUT2D eigenvalue weighted by Crippen LogP contribution is -2.44. The van der Waals surface area contributed by atoms with Crippen molar-refractivity contribution in [2.75, 3.05) is 18.1 Å². The van der Waals surface area contributed by atoms with Crippen LogP contribution in [0.15, 0.2) is 84.5 Å².